The quantitative estimate of drug-likeness (QED) is 0.834. The summed E-state index contributed by atoms with van der Waals surface area (Å²) in [4.78, 5) is 0. The van der Waals surface area contributed by atoms with Gasteiger partial charge in [0.2, 0.25) is 0 Å². The normalized spacial score (nSPS) is 13.2. The molecule has 0 amide bonds. The Morgan fingerprint density at radius 1 is 1.57 bits per heavy atom. The minimum atomic E-state index is 0.543. The van der Waals surface area contributed by atoms with Crippen LogP contribution in [0.2, 0.25) is 5.02 Å². The molecule has 3 nitrogen and oxygen atoms in total. The summed E-state index contributed by atoms with van der Waals surface area (Å²) in [5.74, 6) is 0.543. The molecule has 0 spiro atoms. The molecule has 0 aliphatic carbocycles. The van der Waals surface area contributed by atoms with Crippen LogP contribution in [0.25, 0.3) is 0 Å². The summed E-state index contributed by atoms with van der Waals surface area (Å²) in [5.41, 5.74) is 7.58. The van der Waals surface area contributed by atoms with Gasteiger partial charge in [0.05, 0.1) is 16.4 Å². The second kappa shape index (κ2) is 4.80. The van der Waals surface area contributed by atoms with Crippen molar-refractivity contribution in [1.29, 1.82) is 0 Å². The summed E-state index contributed by atoms with van der Waals surface area (Å²) in [7, 11) is 1.93. The molecule has 0 aliphatic heterocycles. The lowest BCUT2D eigenvalue weighted by Crippen LogP contribution is -2.12. The predicted molar refractivity (Wildman–Crippen MR) is 59.5 cm³/mol. The molecule has 0 bridgehead atoms. The maximum Gasteiger partial charge on any atom is 0.0846 e. The van der Waals surface area contributed by atoms with Crippen molar-refractivity contribution in [2.75, 3.05) is 6.54 Å². The van der Waals surface area contributed by atoms with Crippen molar-refractivity contribution in [3.8, 4) is 0 Å². The summed E-state index contributed by atoms with van der Waals surface area (Å²) in [6.07, 6.45) is 2.02. The molecule has 1 aromatic rings. The van der Waals surface area contributed by atoms with Crippen molar-refractivity contribution >= 4 is 11.6 Å². The van der Waals surface area contributed by atoms with Crippen LogP contribution in [0.5, 0.6) is 0 Å². The van der Waals surface area contributed by atoms with Crippen LogP contribution in [0.3, 0.4) is 0 Å². The molecule has 1 rings (SSSR count). The number of halogens is 1. The first kappa shape index (κ1) is 11.5. The highest BCUT2D eigenvalue weighted by atomic mass is 35.5. The van der Waals surface area contributed by atoms with Crippen LogP contribution < -0.4 is 5.73 Å². The van der Waals surface area contributed by atoms with E-state index in [1.54, 1.807) is 0 Å². The van der Waals surface area contributed by atoms with Crippen molar-refractivity contribution in [2.45, 2.75) is 26.7 Å². The molecule has 0 fully saturated rings. The van der Waals surface area contributed by atoms with Gasteiger partial charge in [-0.3, -0.25) is 4.68 Å². The first-order chi connectivity index (χ1) is 6.56. The molecule has 14 heavy (non-hydrogen) atoms. The fourth-order valence-electron chi connectivity index (χ4n) is 1.45. The van der Waals surface area contributed by atoms with E-state index in [1.807, 2.05) is 18.7 Å². The Kier molecular flexibility index (Phi) is 3.96. The standard InChI is InChI=1S/C10H18ClN3/c1-7(6-12)4-5-9-10(11)8(2)13-14(9)3/h7H,4-6,12H2,1-3H3. The van der Waals surface area contributed by atoms with Crippen molar-refractivity contribution in [1.82, 2.24) is 9.78 Å². The maximum atomic E-state index is 6.13. The van der Waals surface area contributed by atoms with E-state index in [-0.39, 0.29) is 0 Å². The largest absolute Gasteiger partial charge is 0.330 e. The molecule has 80 valence electrons. The Balaban J connectivity index is 2.67. The zero-order valence-corrected chi connectivity index (χ0v) is 9.80. The van der Waals surface area contributed by atoms with Crippen LogP contribution in [0.1, 0.15) is 24.7 Å². The maximum absolute atomic E-state index is 6.13. The third-order valence-electron chi connectivity index (χ3n) is 2.54. The third kappa shape index (κ3) is 2.49. The summed E-state index contributed by atoms with van der Waals surface area (Å²) < 4.78 is 1.86. The summed E-state index contributed by atoms with van der Waals surface area (Å²) in [5, 5.41) is 5.07. The second-order valence-electron chi connectivity index (χ2n) is 3.85. The van der Waals surface area contributed by atoms with Gasteiger partial charge in [0, 0.05) is 7.05 Å². The van der Waals surface area contributed by atoms with Crippen LogP contribution in [0.15, 0.2) is 0 Å². The Bertz CT molecular complexity index is 307. The zero-order chi connectivity index (χ0) is 10.7. The van der Waals surface area contributed by atoms with E-state index in [4.69, 9.17) is 17.3 Å². The van der Waals surface area contributed by atoms with Crippen LogP contribution >= 0.6 is 11.6 Å². The van der Waals surface area contributed by atoms with E-state index in [0.717, 1.165) is 35.8 Å². The zero-order valence-electron chi connectivity index (χ0n) is 9.05. The highest BCUT2D eigenvalue weighted by Crippen LogP contribution is 2.21. The molecule has 1 heterocycles. The number of nitrogens with two attached hydrogens (primary N) is 1. The average Bonchev–Trinajstić information content (AvgIpc) is 2.39. The topological polar surface area (TPSA) is 43.8 Å². The SMILES string of the molecule is Cc1nn(C)c(CCC(C)CN)c1Cl. The van der Waals surface area contributed by atoms with E-state index in [0.29, 0.717) is 5.92 Å². The van der Waals surface area contributed by atoms with Crippen LogP contribution in [-0.4, -0.2) is 16.3 Å². The molecule has 0 radical (unpaired) electrons. The van der Waals surface area contributed by atoms with E-state index >= 15 is 0 Å². The number of rotatable bonds is 4. The van der Waals surface area contributed by atoms with Crippen molar-refractivity contribution < 1.29 is 0 Å². The first-order valence-corrected chi connectivity index (χ1v) is 5.32. The van der Waals surface area contributed by atoms with Crippen molar-refractivity contribution in [3.63, 3.8) is 0 Å². The highest BCUT2D eigenvalue weighted by Gasteiger charge is 2.11. The molecule has 1 unspecified atom stereocenters. The lowest BCUT2D eigenvalue weighted by Gasteiger charge is -2.08. The molecule has 4 heteroatoms. The smallest absolute Gasteiger partial charge is 0.0846 e. The van der Waals surface area contributed by atoms with Gasteiger partial charge in [-0.2, -0.15) is 5.10 Å². The monoisotopic (exact) mass is 215 g/mol. The third-order valence-corrected chi connectivity index (χ3v) is 3.03. The van der Waals surface area contributed by atoms with Gasteiger partial charge in [0.1, 0.15) is 0 Å². The van der Waals surface area contributed by atoms with Gasteiger partial charge in [-0.15, -0.1) is 0 Å². The van der Waals surface area contributed by atoms with Crippen LogP contribution in [0.4, 0.5) is 0 Å². The fraction of sp³-hybridized carbons (Fsp3) is 0.700. The number of aromatic nitrogens is 2. The summed E-state index contributed by atoms with van der Waals surface area (Å²) in [6, 6.07) is 0. The molecule has 1 aromatic heterocycles. The Morgan fingerprint density at radius 2 is 2.21 bits per heavy atom. The van der Waals surface area contributed by atoms with Crippen molar-refractivity contribution in [3.05, 3.63) is 16.4 Å². The second-order valence-corrected chi connectivity index (χ2v) is 4.23. The van der Waals surface area contributed by atoms with Crippen LogP contribution in [-0.2, 0) is 13.5 Å². The fourth-order valence-corrected chi connectivity index (χ4v) is 1.71. The molecule has 0 aliphatic rings. The highest BCUT2D eigenvalue weighted by molar-refractivity contribution is 6.31. The van der Waals surface area contributed by atoms with Gasteiger partial charge in [0.25, 0.3) is 0 Å². The van der Waals surface area contributed by atoms with Gasteiger partial charge >= 0.3 is 0 Å². The van der Waals surface area contributed by atoms with E-state index in [9.17, 15) is 0 Å². The first-order valence-electron chi connectivity index (χ1n) is 4.94. The molecule has 2 N–H and O–H groups in total. The minimum Gasteiger partial charge on any atom is -0.330 e. The minimum absolute atomic E-state index is 0.543. The Labute approximate surface area is 90.2 Å². The number of aryl methyl sites for hydroxylation is 2. The van der Waals surface area contributed by atoms with E-state index < -0.39 is 0 Å². The van der Waals surface area contributed by atoms with Gasteiger partial charge in [-0.1, -0.05) is 18.5 Å². The lowest BCUT2D eigenvalue weighted by atomic mass is 10.0. The Morgan fingerprint density at radius 3 is 2.64 bits per heavy atom. The van der Waals surface area contributed by atoms with Gasteiger partial charge < -0.3 is 5.73 Å². The van der Waals surface area contributed by atoms with Gasteiger partial charge in [-0.25, -0.2) is 0 Å². The molecule has 0 saturated carbocycles. The predicted octanol–water partition coefficient (Wildman–Crippen LogP) is 1.91. The number of hydrogen-bond acceptors (Lipinski definition) is 2. The Hall–Kier alpha value is -0.540. The molecule has 0 aromatic carbocycles. The van der Waals surface area contributed by atoms with E-state index in [2.05, 4.69) is 12.0 Å². The summed E-state index contributed by atoms with van der Waals surface area (Å²) >= 11 is 6.13. The molecular weight excluding hydrogens is 198 g/mol. The van der Waals surface area contributed by atoms with Crippen LogP contribution in [0, 0.1) is 12.8 Å². The molecule has 0 saturated heterocycles. The van der Waals surface area contributed by atoms with Gasteiger partial charge in [-0.05, 0) is 32.2 Å². The van der Waals surface area contributed by atoms with Gasteiger partial charge in [0.15, 0.2) is 0 Å². The molecule has 1 atom stereocenters. The average molecular weight is 216 g/mol. The van der Waals surface area contributed by atoms with E-state index in [1.165, 1.54) is 0 Å². The number of hydrogen-bond donors (Lipinski definition) is 1. The van der Waals surface area contributed by atoms with Crippen molar-refractivity contribution in [2.24, 2.45) is 18.7 Å². The number of nitrogens with zero attached hydrogens (tertiary/aromatic N) is 2. The molecular formula is C10H18ClN3. The summed E-state index contributed by atoms with van der Waals surface area (Å²) in [6.45, 7) is 4.81. The lowest BCUT2D eigenvalue weighted by molar-refractivity contribution is 0.530.